The first-order valence-corrected chi connectivity index (χ1v) is 15.0. The average molecular weight is 594 g/mol. The Morgan fingerprint density at radius 1 is 1.09 bits per heavy atom. The highest BCUT2D eigenvalue weighted by Crippen LogP contribution is 2.57. The lowest BCUT2D eigenvalue weighted by atomic mass is 9.60. The summed E-state index contributed by atoms with van der Waals surface area (Å²) in [4.78, 5) is 42.6. The molecule has 2 saturated carbocycles. The van der Waals surface area contributed by atoms with Crippen LogP contribution in [-0.2, 0) is 5.54 Å². The van der Waals surface area contributed by atoms with E-state index in [2.05, 4.69) is 37.4 Å². The number of nitrogens with one attached hydrogen (secondary N) is 2. The molecular weight excluding hydrogens is 558 g/mol. The highest BCUT2D eigenvalue weighted by atomic mass is 16.5. The lowest BCUT2D eigenvalue weighted by Gasteiger charge is -2.52. The van der Waals surface area contributed by atoms with Crippen molar-refractivity contribution in [3.63, 3.8) is 0 Å². The number of ether oxygens (including phenoxy) is 2. The molecule has 0 bridgehead atoms. The Morgan fingerprint density at radius 3 is 2.57 bits per heavy atom. The first-order valence-electron chi connectivity index (χ1n) is 15.0. The number of carbonyl (C=O) groups is 2. The molecule has 2 aromatic carbocycles. The summed E-state index contributed by atoms with van der Waals surface area (Å²) < 4.78 is 11.7. The number of piperidine rings is 1. The van der Waals surface area contributed by atoms with Crippen molar-refractivity contribution in [1.82, 2.24) is 25.1 Å². The Morgan fingerprint density at radius 2 is 1.86 bits per heavy atom. The maximum absolute atomic E-state index is 13.1. The molecule has 2 aliphatic heterocycles. The lowest BCUT2D eigenvalue weighted by Crippen LogP contribution is -2.54. The quantitative estimate of drug-likeness (QED) is 0.357. The number of likely N-dealkylation sites (tertiary alicyclic amines) is 1. The number of carbonyl (C=O) groups excluding carboxylic acids is 2. The molecule has 2 N–H and O–H groups in total. The zero-order chi connectivity index (χ0) is 30.6. The van der Waals surface area contributed by atoms with Gasteiger partial charge in [0.2, 0.25) is 11.8 Å². The monoisotopic (exact) mass is 593 g/mol. The van der Waals surface area contributed by atoms with Crippen molar-refractivity contribution in [1.29, 1.82) is 0 Å². The van der Waals surface area contributed by atoms with E-state index >= 15 is 0 Å². The van der Waals surface area contributed by atoms with Crippen molar-refractivity contribution in [2.24, 2.45) is 5.41 Å². The topological polar surface area (TPSA) is 113 Å². The van der Waals surface area contributed by atoms with Crippen LogP contribution < -0.4 is 20.1 Å². The Labute approximate surface area is 256 Å². The third-order valence-corrected chi connectivity index (χ3v) is 9.93. The number of amides is 2. The van der Waals surface area contributed by atoms with Crippen molar-refractivity contribution >= 4 is 29.1 Å². The van der Waals surface area contributed by atoms with Crippen LogP contribution in [0.4, 0.5) is 17.3 Å². The average Bonchev–Trinajstić information content (AvgIpc) is 3.79. The Bertz CT molecular complexity index is 1700. The summed E-state index contributed by atoms with van der Waals surface area (Å²) >= 11 is 0. The smallest absolute Gasteiger partial charge is 0.265 e. The predicted molar refractivity (Wildman–Crippen MR) is 164 cm³/mol. The van der Waals surface area contributed by atoms with Gasteiger partial charge in [-0.3, -0.25) is 9.59 Å². The highest BCUT2D eigenvalue weighted by Gasteiger charge is 2.57. The molecule has 0 atom stereocenters. The molecule has 1 aromatic heterocycles. The van der Waals surface area contributed by atoms with E-state index in [-0.39, 0.29) is 40.9 Å². The van der Waals surface area contributed by atoms with Crippen LogP contribution in [0, 0.1) is 12.0 Å². The van der Waals surface area contributed by atoms with E-state index < -0.39 is 0 Å². The maximum Gasteiger partial charge on any atom is 0.265 e. The molecule has 44 heavy (non-hydrogen) atoms. The molecule has 3 fully saturated rings. The molecule has 7 rings (SSSR count). The van der Waals surface area contributed by atoms with Crippen LogP contribution in [0.15, 0.2) is 42.6 Å². The lowest BCUT2D eigenvalue weighted by molar-refractivity contribution is 0.0138. The highest BCUT2D eigenvalue weighted by molar-refractivity contribution is 6.03. The minimum atomic E-state index is -0.251. The van der Waals surface area contributed by atoms with Gasteiger partial charge in [-0.05, 0) is 93.9 Å². The molecule has 4 aliphatic rings. The first-order chi connectivity index (χ1) is 21.2. The van der Waals surface area contributed by atoms with Crippen LogP contribution in [0.5, 0.6) is 17.4 Å². The summed E-state index contributed by atoms with van der Waals surface area (Å²) in [7, 11) is 5.52. The summed E-state index contributed by atoms with van der Waals surface area (Å²) in [6.07, 6.45) is 7.66. The van der Waals surface area contributed by atoms with Crippen LogP contribution in [0.3, 0.4) is 0 Å². The van der Waals surface area contributed by atoms with Crippen LogP contribution in [0.1, 0.15) is 64.8 Å². The van der Waals surface area contributed by atoms with E-state index in [1.54, 1.807) is 29.2 Å². The zero-order valence-corrected chi connectivity index (χ0v) is 25.1. The van der Waals surface area contributed by atoms with Crippen LogP contribution >= 0.6 is 0 Å². The van der Waals surface area contributed by atoms with Gasteiger partial charge in [-0.25, -0.2) is 9.83 Å². The van der Waals surface area contributed by atoms with Gasteiger partial charge in [0.05, 0.1) is 30.5 Å². The molecule has 0 unspecified atom stereocenters. The van der Waals surface area contributed by atoms with Crippen LogP contribution in [-0.4, -0.2) is 71.9 Å². The molecule has 2 spiro atoms. The summed E-state index contributed by atoms with van der Waals surface area (Å²) in [5.74, 6) is 0.796. The SMILES string of the molecule is [C-]#[N+]c1cnc(Nc2ccc(C(=O)NC3CC4(CCN(C)CC4)C3)cc2OC)nc1Oc1cccc2c1C(=O)N(C)C21CC1. The Balaban J connectivity index is 1.06. The van der Waals surface area contributed by atoms with E-state index in [4.69, 9.17) is 16.0 Å². The molecule has 3 aromatic rings. The molecule has 1 saturated heterocycles. The molecule has 11 nitrogen and oxygen atoms in total. The number of aromatic nitrogens is 2. The van der Waals surface area contributed by atoms with Gasteiger partial charge in [-0.1, -0.05) is 12.1 Å². The normalized spacial score (nSPS) is 19.7. The van der Waals surface area contributed by atoms with Crippen molar-refractivity contribution in [2.45, 2.75) is 50.1 Å². The Hall–Kier alpha value is -4.69. The standard InChI is InChI=1S/C33H35N7O4/c1-34-24-19-35-31(38-29(24)44-25-7-5-6-22-27(25)30(42)40(3)33(22)10-11-33)37-23-9-8-20(16-26(23)43-4)28(41)36-21-17-32(18-21)12-14-39(2)15-13-32/h5-9,16,19,21H,10-15,17-18H2,2-4H3,(H,36,41)(H,35,37,38). The molecule has 2 aliphatic carbocycles. The number of fused-ring (bicyclic) bond motifs is 2. The molecule has 3 heterocycles. The molecule has 2 amide bonds. The van der Waals surface area contributed by atoms with Crippen LogP contribution in [0.25, 0.3) is 4.85 Å². The number of methoxy groups -OCH3 is 1. The molecule has 226 valence electrons. The number of benzene rings is 2. The molecule has 0 radical (unpaired) electrons. The van der Waals surface area contributed by atoms with E-state index in [9.17, 15) is 9.59 Å². The minimum Gasteiger partial charge on any atom is -0.495 e. The third-order valence-electron chi connectivity index (χ3n) is 9.93. The summed E-state index contributed by atoms with van der Waals surface area (Å²) in [5, 5.41) is 6.31. The zero-order valence-electron chi connectivity index (χ0n) is 25.1. The van der Waals surface area contributed by atoms with Gasteiger partial charge in [0.1, 0.15) is 11.5 Å². The van der Waals surface area contributed by atoms with Crippen molar-refractivity contribution in [3.8, 4) is 17.4 Å². The fourth-order valence-corrected chi connectivity index (χ4v) is 7.08. The van der Waals surface area contributed by atoms with Crippen molar-refractivity contribution in [3.05, 3.63) is 70.7 Å². The largest absolute Gasteiger partial charge is 0.495 e. The van der Waals surface area contributed by atoms with Crippen molar-refractivity contribution in [2.75, 3.05) is 39.6 Å². The summed E-state index contributed by atoms with van der Waals surface area (Å²) in [6, 6.07) is 10.9. The van der Waals surface area contributed by atoms with Gasteiger partial charge in [-0.15, -0.1) is 0 Å². The number of nitrogens with zero attached hydrogens (tertiary/aromatic N) is 5. The van der Waals surface area contributed by atoms with E-state index in [1.807, 2.05) is 19.2 Å². The third kappa shape index (κ3) is 4.70. The maximum atomic E-state index is 13.1. The van der Waals surface area contributed by atoms with Crippen molar-refractivity contribution < 1.29 is 19.1 Å². The predicted octanol–water partition coefficient (Wildman–Crippen LogP) is 5.25. The second-order valence-corrected chi connectivity index (χ2v) is 12.6. The number of hydrogen-bond donors (Lipinski definition) is 2. The Kier molecular flexibility index (Phi) is 6.70. The fraction of sp³-hybridized carbons (Fsp3) is 0.424. The van der Waals surface area contributed by atoms with Gasteiger partial charge < -0.3 is 29.9 Å². The summed E-state index contributed by atoms with van der Waals surface area (Å²) in [5.41, 5.74) is 2.76. The van der Waals surface area contributed by atoms with Gasteiger partial charge in [0, 0.05) is 24.8 Å². The van der Waals surface area contributed by atoms with E-state index in [1.165, 1.54) is 26.1 Å². The second-order valence-electron chi connectivity index (χ2n) is 12.6. The summed E-state index contributed by atoms with van der Waals surface area (Å²) in [6.45, 7) is 9.85. The minimum absolute atomic E-state index is 0.0379. The van der Waals surface area contributed by atoms with Gasteiger partial charge in [-0.2, -0.15) is 4.98 Å². The van der Waals surface area contributed by atoms with Gasteiger partial charge in [0.25, 0.3) is 17.5 Å². The fourth-order valence-electron chi connectivity index (χ4n) is 7.08. The first kappa shape index (κ1) is 28.1. The van der Waals surface area contributed by atoms with Gasteiger partial charge in [0.15, 0.2) is 0 Å². The van der Waals surface area contributed by atoms with E-state index in [0.29, 0.717) is 33.7 Å². The number of anilines is 2. The molecule has 11 heteroatoms. The van der Waals surface area contributed by atoms with Gasteiger partial charge >= 0.3 is 0 Å². The van der Waals surface area contributed by atoms with E-state index in [0.717, 1.165) is 44.3 Å². The second kappa shape index (κ2) is 10.5. The molecular formula is C33H35N7O4. The number of rotatable bonds is 7. The number of hydrogen-bond acceptors (Lipinski definition) is 8. The van der Waals surface area contributed by atoms with Crippen LogP contribution in [0.2, 0.25) is 0 Å².